The predicted molar refractivity (Wildman–Crippen MR) is 97.5 cm³/mol. The summed E-state index contributed by atoms with van der Waals surface area (Å²) in [6.45, 7) is 0. The van der Waals surface area contributed by atoms with Crippen LogP contribution in [-0.4, -0.2) is 28.8 Å². The van der Waals surface area contributed by atoms with Crippen molar-refractivity contribution < 1.29 is 30.7 Å². The van der Waals surface area contributed by atoms with E-state index in [4.69, 9.17) is 5.73 Å². The van der Waals surface area contributed by atoms with Crippen LogP contribution >= 0.6 is 11.3 Å². The second kappa shape index (κ2) is 7.29. The van der Waals surface area contributed by atoms with Crippen LogP contribution in [0.15, 0.2) is 41.9 Å². The Bertz CT molecular complexity index is 1160. The summed E-state index contributed by atoms with van der Waals surface area (Å²) >= 11 is 1.09. The lowest BCUT2D eigenvalue weighted by molar-refractivity contribution is -0.384. The molecular formula is C15H9F3N4O5S2. The van der Waals surface area contributed by atoms with Gasteiger partial charge < -0.3 is 9.92 Å². The maximum absolute atomic E-state index is 12.7. The Labute approximate surface area is 164 Å². The van der Waals surface area contributed by atoms with Crippen molar-refractivity contribution in [1.82, 2.24) is 9.97 Å². The van der Waals surface area contributed by atoms with Crippen molar-refractivity contribution in [3.8, 4) is 27.7 Å². The average Bonchev–Trinajstić information content (AvgIpc) is 3.17. The van der Waals surface area contributed by atoms with Crippen molar-refractivity contribution in [3.63, 3.8) is 0 Å². The Balaban J connectivity index is 2.18. The molecule has 0 aliphatic carbocycles. The molecule has 0 unspecified atom stereocenters. The van der Waals surface area contributed by atoms with E-state index in [0.717, 1.165) is 23.5 Å². The molecule has 0 saturated heterocycles. The van der Waals surface area contributed by atoms with Gasteiger partial charge in [-0.15, -0.1) is 11.3 Å². The molecule has 1 aromatic carbocycles. The lowest BCUT2D eigenvalue weighted by Crippen LogP contribution is -2.28. The summed E-state index contributed by atoms with van der Waals surface area (Å²) in [5, 5.41) is 12.6. The first kappa shape index (κ1) is 20.5. The van der Waals surface area contributed by atoms with Crippen molar-refractivity contribution >= 4 is 32.8 Å². The normalized spacial score (nSPS) is 12.0. The Hall–Kier alpha value is -3.26. The number of thiazole rings is 1. The van der Waals surface area contributed by atoms with Gasteiger partial charge in [-0.3, -0.25) is 10.1 Å². The third-order valence-corrected chi connectivity index (χ3v) is 5.28. The molecule has 0 aliphatic rings. The highest BCUT2D eigenvalue weighted by molar-refractivity contribution is 7.88. The van der Waals surface area contributed by atoms with E-state index in [-0.39, 0.29) is 27.5 Å². The van der Waals surface area contributed by atoms with Crippen LogP contribution in [0, 0.1) is 10.1 Å². The number of nitrogen functional groups attached to an aromatic ring is 1. The highest BCUT2D eigenvalue weighted by atomic mass is 32.2. The van der Waals surface area contributed by atoms with Gasteiger partial charge in [0.05, 0.1) is 4.92 Å². The summed E-state index contributed by atoms with van der Waals surface area (Å²) in [7, 11) is -6.02. The maximum Gasteiger partial charge on any atom is 0.534 e. The second-order valence-corrected chi connectivity index (χ2v) is 7.83. The number of hydrogen-bond donors (Lipinski definition) is 1. The van der Waals surface area contributed by atoms with Crippen molar-refractivity contribution in [2.24, 2.45) is 0 Å². The van der Waals surface area contributed by atoms with Gasteiger partial charge >= 0.3 is 15.6 Å². The number of halogens is 3. The Morgan fingerprint density at radius 3 is 2.38 bits per heavy atom. The summed E-state index contributed by atoms with van der Waals surface area (Å²) in [4.78, 5) is 17.9. The minimum atomic E-state index is -6.02. The number of nitrogens with two attached hydrogens (primary N) is 1. The van der Waals surface area contributed by atoms with Crippen LogP contribution in [-0.2, 0) is 10.1 Å². The molecule has 2 aromatic heterocycles. The van der Waals surface area contributed by atoms with E-state index in [2.05, 4.69) is 14.2 Å². The van der Waals surface area contributed by atoms with Gasteiger partial charge in [-0.05, 0) is 23.8 Å². The van der Waals surface area contributed by atoms with Crippen molar-refractivity contribution in [1.29, 1.82) is 0 Å². The molecule has 3 aromatic rings. The Morgan fingerprint density at radius 2 is 1.86 bits per heavy atom. The van der Waals surface area contributed by atoms with Gasteiger partial charge in [0, 0.05) is 29.3 Å². The van der Waals surface area contributed by atoms with Gasteiger partial charge in [-0.1, -0.05) is 0 Å². The second-order valence-electron chi connectivity index (χ2n) is 5.40. The van der Waals surface area contributed by atoms with E-state index in [9.17, 15) is 31.7 Å². The molecule has 0 aliphatic heterocycles. The highest BCUT2D eigenvalue weighted by Gasteiger charge is 2.49. The molecule has 2 heterocycles. The van der Waals surface area contributed by atoms with Crippen LogP contribution in [0.4, 0.5) is 24.5 Å². The quantitative estimate of drug-likeness (QED) is 0.272. The number of benzene rings is 1. The van der Waals surface area contributed by atoms with Crippen LogP contribution < -0.4 is 9.92 Å². The van der Waals surface area contributed by atoms with Crippen LogP contribution in [0.2, 0.25) is 0 Å². The van der Waals surface area contributed by atoms with Crippen LogP contribution in [0.25, 0.3) is 21.8 Å². The fourth-order valence-electron chi connectivity index (χ4n) is 2.21. The van der Waals surface area contributed by atoms with Crippen LogP contribution in [0.3, 0.4) is 0 Å². The van der Waals surface area contributed by atoms with Gasteiger partial charge in [-0.2, -0.15) is 21.6 Å². The van der Waals surface area contributed by atoms with Gasteiger partial charge in [0.25, 0.3) is 11.6 Å². The third kappa shape index (κ3) is 4.12. The third-order valence-electron chi connectivity index (χ3n) is 3.54. The molecule has 9 nitrogen and oxygen atoms in total. The zero-order chi connectivity index (χ0) is 21.4. The fraction of sp³-hybridized carbons (Fsp3) is 0.0667. The molecule has 2 N–H and O–H groups in total. The number of nitro benzene ring substituents is 1. The molecule has 0 spiro atoms. The monoisotopic (exact) mass is 446 g/mol. The standard InChI is InChI=1S/C15H9F3N4O5S2/c16-15(17,18)29(25,26)27-13-12(19)10(7-11(21-13)14-20-5-6-28-14)8-1-3-9(4-2-8)22(23)24/h1-7H,19H2. The number of aromatic nitrogens is 2. The molecule has 0 atom stereocenters. The molecule has 0 radical (unpaired) electrons. The van der Waals surface area contributed by atoms with Crippen LogP contribution in [0.5, 0.6) is 5.88 Å². The first-order chi connectivity index (χ1) is 13.5. The smallest absolute Gasteiger partial charge is 0.394 e. The topological polar surface area (TPSA) is 138 Å². The van der Waals surface area contributed by atoms with E-state index in [0.29, 0.717) is 0 Å². The molecule has 14 heteroatoms. The summed E-state index contributed by atoms with van der Waals surface area (Å²) in [5.74, 6) is -0.983. The molecule has 0 amide bonds. The number of non-ortho nitro benzene ring substituents is 1. The number of hydrogen-bond acceptors (Lipinski definition) is 9. The minimum Gasteiger partial charge on any atom is -0.394 e. The van der Waals surface area contributed by atoms with Crippen molar-refractivity contribution in [3.05, 3.63) is 52.0 Å². The molecule has 3 rings (SSSR count). The Morgan fingerprint density at radius 1 is 1.21 bits per heavy atom. The van der Waals surface area contributed by atoms with E-state index in [1.54, 1.807) is 5.38 Å². The summed E-state index contributed by atoms with van der Waals surface area (Å²) in [6.07, 6.45) is 1.41. The fourth-order valence-corrected chi connectivity index (χ4v) is 3.23. The highest BCUT2D eigenvalue weighted by Crippen LogP contribution is 2.38. The van der Waals surface area contributed by atoms with E-state index in [1.165, 1.54) is 24.4 Å². The zero-order valence-corrected chi connectivity index (χ0v) is 15.6. The predicted octanol–water partition coefficient (Wildman–Crippen LogP) is 3.59. The lowest BCUT2D eigenvalue weighted by Gasteiger charge is -2.14. The molecule has 0 fully saturated rings. The zero-order valence-electron chi connectivity index (χ0n) is 14.0. The van der Waals surface area contributed by atoms with Crippen molar-refractivity contribution in [2.75, 3.05) is 5.73 Å². The average molecular weight is 446 g/mol. The Kier molecular flexibility index (Phi) is 5.15. The SMILES string of the molecule is Nc1c(-c2ccc([N+](=O)[O-])cc2)cc(-c2nccs2)nc1OS(=O)(=O)C(F)(F)F. The van der Waals surface area contributed by atoms with Gasteiger partial charge in [0.1, 0.15) is 16.4 Å². The minimum absolute atomic E-state index is 0.00919. The summed E-state index contributed by atoms with van der Waals surface area (Å²) < 4.78 is 65.1. The molecule has 152 valence electrons. The number of pyridine rings is 1. The molecule has 0 saturated carbocycles. The van der Waals surface area contributed by atoms with Gasteiger partial charge in [0.2, 0.25) is 0 Å². The summed E-state index contributed by atoms with van der Waals surface area (Å²) in [6, 6.07) is 6.29. The number of nitro groups is 1. The molecule has 29 heavy (non-hydrogen) atoms. The van der Waals surface area contributed by atoms with E-state index < -0.39 is 32.1 Å². The number of nitrogens with zero attached hydrogens (tertiary/aromatic N) is 3. The first-order valence-corrected chi connectivity index (χ1v) is 9.74. The van der Waals surface area contributed by atoms with Gasteiger partial charge in [-0.25, -0.2) is 9.97 Å². The largest absolute Gasteiger partial charge is 0.534 e. The molecular weight excluding hydrogens is 437 g/mol. The van der Waals surface area contributed by atoms with E-state index >= 15 is 0 Å². The van der Waals surface area contributed by atoms with Crippen molar-refractivity contribution in [2.45, 2.75) is 5.51 Å². The molecule has 0 bridgehead atoms. The number of rotatable bonds is 5. The lowest BCUT2D eigenvalue weighted by atomic mass is 10.0. The van der Waals surface area contributed by atoms with E-state index in [1.807, 2.05) is 0 Å². The summed E-state index contributed by atoms with van der Waals surface area (Å²) in [5.41, 5.74) is -0.253. The number of alkyl halides is 3. The number of anilines is 1. The maximum atomic E-state index is 12.7. The first-order valence-electron chi connectivity index (χ1n) is 7.45. The van der Waals surface area contributed by atoms with Crippen LogP contribution in [0.1, 0.15) is 0 Å². The van der Waals surface area contributed by atoms with Gasteiger partial charge in [0.15, 0.2) is 0 Å².